The lowest BCUT2D eigenvalue weighted by Crippen LogP contribution is -2.47. The molecule has 0 radical (unpaired) electrons. The topological polar surface area (TPSA) is 48.5 Å². The van der Waals surface area contributed by atoms with E-state index >= 15 is 0 Å². The Balaban J connectivity index is 0.00000156. The molecule has 1 atom stereocenters. The van der Waals surface area contributed by atoms with Gasteiger partial charge >= 0.3 is 0 Å². The number of hydrogen-bond acceptors (Lipinski definition) is 5. The highest BCUT2D eigenvalue weighted by Crippen LogP contribution is 2.28. The van der Waals surface area contributed by atoms with Crippen LogP contribution in [-0.4, -0.2) is 60.5 Å². The maximum atomic E-state index is 12.3. The molecule has 140 valence electrons. The molecule has 1 aliphatic heterocycles. The maximum absolute atomic E-state index is 12.3. The van der Waals surface area contributed by atoms with Crippen molar-refractivity contribution in [3.05, 3.63) is 29.3 Å². The molecule has 1 aliphatic rings. The number of rotatable bonds is 5. The summed E-state index contributed by atoms with van der Waals surface area (Å²) in [7, 11) is 2.07. The number of benzene rings is 1. The number of thiazole rings is 1. The van der Waals surface area contributed by atoms with Gasteiger partial charge < -0.3 is 10.2 Å². The molecule has 2 heterocycles. The van der Waals surface area contributed by atoms with Gasteiger partial charge in [-0.25, -0.2) is 4.98 Å². The van der Waals surface area contributed by atoms with E-state index in [0.717, 1.165) is 43.2 Å². The number of piperazine rings is 1. The Bertz CT molecular complexity index is 642. The number of aromatic nitrogens is 1. The number of halogens is 2. The Hall–Kier alpha value is -0.920. The van der Waals surface area contributed by atoms with Gasteiger partial charge in [-0.05, 0) is 26.1 Å². The third-order valence-corrected chi connectivity index (χ3v) is 5.68. The van der Waals surface area contributed by atoms with Crippen LogP contribution in [0.5, 0.6) is 0 Å². The number of hydrogen-bond donors (Lipinski definition) is 1. The van der Waals surface area contributed by atoms with Crippen LogP contribution in [0, 0.1) is 0 Å². The molecule has 1 amide bonds. The molecule has 1 aromatic carbocycles. The van der Waals surface area contributed by atoms with Gasteiger partial charge in [-0.15, -0.1) is 36.2 Å². The van der Waals surface area contributed by atoms with Gasteiger partial charge in [0.2, 0.25) is 5.91 Å². The normalized spacial score (nSPS) is 15.6. The van der Waals surface area contributed by atoms with Gasteiger partial charge in [0.05, 0.1) is 16.3 Å². The average molecular weight is 405 g/mol. The molecule has 1 N–H and O–H groups in total. The molecular weight excluding hydrogens is 379 g/mol. The van der Waals surface area contributed by atoms with Crippen LogP contribution in [0.3, 0.4) is 0 Å². The van der Waals surface area contributed by atoms with Crippen LogP contribution >= 0.6 is 36.2 Å². The predicted octanol–water partition coefficient (Wildman–Crippen LogP) is 2.95. The summed E-state index contributed by atoms with van der Waals surface area (Å²) in [6, 6.07) is 8.45. The number of nitrogens with one attached hydrogen (secondary N) is 1. The molecule has 1 fully saturated rings. The van der Waals surface area contributed by atoms with E-state index in [4.69, 9.17) is 4.98 Å². The van der Waals surface area contributed by atoms with Crippen LogP contribution in [0.4, 0.5) is 0 Å². The number of carbonyl (C=O) groups excluding carboxylic acids is 1. The second-order valence-electron chi connectivity index (χ2n) is 6.06. The van der Waals surface area contributed by atoms with Gasteiger partial charge in [0.1, 0.15) is 5.01 Å². The largest absolute Gasteiger partial charge is 0.340 e. The van der Waals surface area contributed by atoms with Gasteiger partial charge in [-0.1, -0.05) is 12.1 Å². The van der Waals surface area contributed by atoms with Crippen molar-refractivity contribution in [3.8, 4) is 0 Å². The minimum absolute atomic E-state index is 0. The Kier molecular flexibility index (Phi) is 9.10. The van der Waals surface area contributed by atoms with E-state index in [2.05, 4.69) is 36.3 Å². The third-order valence-electron chi connectivity index (χ3n) is 4.48. The number of fused-ring (bicyclic) bond motifs is 1. The van der Waals surface area contributed by atoms with Gasteiger partial charge in [-0.3, -0.25) is 9.69 Å². The van der Waals surface area contributed by atoms with E-state index < -0.39 is 0 Å². The SMILES string of the molecule is CC(c1nc2ccccc2s1)N(C)CCC(=O)N1CCNCC1.Cl.Cl. The van der Waals surface area contributed by atoms with E-state index in [1.54, 1.807) is 11.3 Å². The van der Waals surface area contributed by atoms with Gasteiger partial charge in [0, 0.05) is 39.1 Å². The van der Waals surface area contributed by atoms with Crippen LogP contribution < -0.4 is 5.32 Å². The van der Waals surface area contributed by atoms with Crippen LogP contribution in [0.2, 0.25) is 0 Å². The number of amides is 1. The molecule has 2 aromatic rings. The molecule has 0 bridgehead atoms. The smallest absolute Gasteiger partial charge is 0.223 e. The fourth-order valence-electron chi connectivity index (χ4n) is 2.80. The molecule has 8 heteroatoms. The molecule has 0 aliphatic carbocycles. The first kappa shape index (κ1) is 22.1. The summed E-state index contributed by atoms with van der Waals surface area (Å²) in [6.07, 6.45) is 0.575. The second kappa shape index (κ2) is 10.3. The van der Waals surface area contributed by atoms with Crippen LogP contribution in [0.25, 0.3) is 10.2 Å². The summed E-state index contributed by atoms with van der Waals surface area (Å²) < 4.78 is 1.22. The molecule has 1 saturated heterocycles. The van der Waals surface area contributed by atoms with E-state index in [1.165, 1.54) is 4.70 Å². The highest BCUT2D eigenvalue weighted by atomic mass is 35.5. The minimum atomic E-state index is 0. The van der Waals surface area contributed by atoms with Gasteiger partial charge in [-0.2, -0.15) is 0 Å². The van der Waals surface area contributed by atoms with Crippen LogP contribution in [0.1, 0.15) is 24.4 Å². The quantitative estimate of drug-likeness (QED) is 0.831. The highest BCUT2D eigenvalue weighted by molar-refractivity contribution is 7.18. The lowest BCUT2D eigenvalue weighted by molar-refractivity contribution is -0.132. The zero-order valence-electron chi connectivity index (χ0n) is 14.6. The molecule has 5 nitrogen and oxygen atoms in total. The van der Waals surface area contributed by atoms with Crippen molar-refractivity contribution in [2.45, 2.75) is 19.4 Å². The fourth-order valence-corrected chi connectivity index (χ4v) is 3.88. The lowest BCUT2D eigenvalue weighted by Gasteiger charge is -2.29. The molecular formula is C17H26Cl2N4OS. The summed E-state index contributed by atoms with van der Waals surface area (Å²) >= 11 is 1.74. The maximum Gasteiger partial charge on any atom is 0.223 e. The predicted molar refractivity (Wildman–Crippen MR) is 109 cm³/mol. The Morgan fingerprint density at radius 3 is 2.68 bits per heavy atom. The summed E-state index contributed by atoms with van der Waals surface area (Å²) in [5.74, 6) is 0.259. The number of para-hydroxylation sites is 1. The van der Waals surface area contributed by atoms with Crippen molar-refractivity contribution in [2.75, 3.05) is 39.8 Å². The summed E-state index contributed by atoms with van der Waals surface area (Å²) in [5.41, 5.74) is 1.06. The minimum Gasteiger partial charge on any atom is -0.340 e. The molecule has 25 heavy (non-hydrogen) atoms. The Morgan fingerprint density at radius 1 is 1.32 bits per heavy atom. The summed E-state index contributed by atoms with van der Waals surface area (Å²) in [5, 5.41) is 4.39. The molecule has 0 saturated carbocycles. The van der Waals surface area contributed by atoms with Crippen molar-refractivity contribution in [1.82, 2.24) is 20.1 Å². The first-order valence-electron chi connectivity index (χ1n) is 8.19. The van der Waals surface area contributed by atoms with Crippen molar-refractivity contribution >= 4 is 52.3 Å². The molecule has 1 unspecified atom stereocenters. The molecule has 0 spiro atoms. The molecule has 1 aromatic heterocycles. The standard InChI is InChI=1S/C17H24N4OS.2ClH/c1-13(17-19-14-5-3-4-6-15(14)23-17)20(2)10-7-16(22)21-11-8-18-9-12-21;;/h3-6,13,18H,7-12H2,1-2H3;2*1H. The van der Waals surface area contributed by atoms with Crippen LogP contribution in [-0.2, 0) is 4.79 Å². The number of nitrogens with zero attached hydrogens (tertiary/aromatic N) is 3. The summed E-state index contributed by atoms with van der Waals surface area (Å²) in [4.78, 5) is 21.2. The van der Waals surface area contributed by atoms with Crippen LogP contribution in [0.15, 0.2) is 24.3 Å². The van der Waals surface area contributed by atoms with E-state index in [9.17, 15) is 4.79 Å². The Morgan fingerprint density at radius 2 is 2.00 bits per heavy atom. The monoisotopic (exact) mass is 404 g/mol. The zero-order valence-corrected chi connectivity index (χ0v) is 17.1. The van der Waals surface area contributed by atoms with E-state index in [-0.39, 0.29) is 36.8 Å². The van der Waals surface area contributed by atoms with Crippen molar-refractivity contribution in [2.24, 2.45) is 0 Å². The van der Waals surface area contributed by atoms with Crippen molar-refractivity contribution < 1.29 is 4.79 Å². The first-order chi connectivity index (χ1) is 11.1. The molecule has 3 rings (SSSR count). The second-order valence-corrected chi connectivity index (χ2v) is 7.12. The van der Waals surface area contributed by atoms with Gasteiger partial charge in [0.25, 0.3) is 0 Å². The zero-order chi connectivity index (χ0) is 16.2. The third kappa shape index (κ3) is 5.53. The van der Waals surface area contributed by atoms with Crippen molar-refractivity contribution in [3.63, 3.8) is 0 Å². The number of carbonyl (C=O) groups is 1. The fraction of sp³-hybridized carbons (Fsp3) is 0.529. The lowest BCUT2D eigenvalue weighted by atomic mass is 10.2. The summed E-state index contributed by atoms with van der Waals surface area (Å²) in [6.45, 7) is 6.40. The Labute approximate surface area is 165 Å². The van der Waals surface area contributed by atoms with E-state index in [1.807, 2.05) is 17.0 Å². The first-order valence-corrected chi connectivity index (χ1v) is 9.01. The van der Waals surface area contributed by atoms with Crippen molar-refractivity contribution in [1.29, 1.82) is 0 Å². The van der Waals surface area contributed by atoms with E-state index in [0.29, 0.717) is 6.42 Å². The average Bonchev–Trinajstić information content (AvgIpc) is 3.03. The van der Waals surface area contributed by atoms with Gasteiger partial charge in [0.15, 0.2) is 0 Å². The highest BCUT2D eigenvalue weighted by Gasteiger charge is 2.20.